The van der Waals surface area contributed by atoms with Crippen molar-refractivity contribution in [3.8, 4) is 0 Å². The number of amides is 1. The molecule has 24 heavy (non-hydrogen) atoms. The molecule has 1 aromatic heterocycles. The van der Waals surface area contributed by atoms with E-state index in [4.69, 9.17) is 4.74 Å². The summed E-state index contributed by atoms with van der Waals surface area (Å²) < 4.78 is 7.06. The lowest BCUT2D eigenvalue weighted by atomic mass is 10.2. The third kappa shape index (κ3) is 3.61. The third-order valence-electron chi connectivity index (χ3n) is 4.89. The van der Waals surface area contributed by atoms with E-state index in [9.17, 15) is 4.79 Å². The van der Waals surface area contributed by atoms with Gasteiger partial charge in [0, 0.05) is 32.0 Å². The molecule has 3 heterocycles. The fourth-order valence-electron chi connectivity index (χ4n) is 3.57. The summed E-state index contributed by atoms with van der Waals surface area (Å²) in [5.41, 5.74) is 1.02. The number of para-hydroxylation sites is 1. The normalized spacial score (nSPS) is 24.2. The zero-order valence-corrected chi connectivity index (χ0v) is 14.6. The molecule has 0 radical (unpaired) electrons. The van der Waals surface area contributed by atoms with Crippen LogP contribution in [0, 0.1) is 0 Å². The number of ether oxygens (including phenoxy) is 1. The van der Waals surface area contributed by atoms with Crippen molar-refractivity contribution in [1.82, 2.24) is 15.2 Å². The van der Waals surface area contributed by atoms with Crippen molar-refractivity contribution in [2.45, 2.75) is 37.8 Å². The Morgan fingerprint density at radius 1 is 1.42 bits per heavy atom. The number of benzene rings is 1. The fraction of sp³-hybridized carbons (Fsp3) is 0.556. The minimum absolute atomic E-state index is 0.0846. The summed E-state index contributed by atoms with van der Waals surface area (Å²) in [6.45, 7) is 3.55. The van der Waals surface area contributed by atoms with Gasteiger partial charge in [0.25, 0.3) is 0 Å². The zero-order chi connectivity index (χ0) is 16.4. The van der Waals surface area contributed by atoms with Gasteiger partial charge in [-0.05, 0) is 31.5 Å². The molecule has 0 spiro atoms. The second-order valence-corrected chi connectivity index (χ2v) is 7.74. The maximum Gasteiger partial charge on any atom is 0.220 e. The van der Waals surface area contributed by atoms with Crippen molar-refractivity contribution in [2.75, 3.05) is 26.2 Å². The van der Waals surface area contributed by atoms with Crippen molar-refractivity contribution in [3.05, 3.63) is 29.3 Å². The number of hydrogen-bond acceptors (Lipinski definition) is 5. The van der Waals surface area contributed by atoms with E-state index in [1.165, 1.54) is 24.1 Å². The number of nitrogens with zero attached hydrogens (tertiary/aromatic N) is 2. The molecule has 128 valence electrons. The van der Waals surface area contributed by atoms with Gasteiger partial charge in [-0.15, -0.1) is 11.3 Å². The molecule has 6 heteroatoms. The van der Waals surface area contributed by atoms with Crippen LogP contribution in [0.15, 0.2) is 24.3 Å². The van der Waals surface area contributed by atoms with Gasteiger partial charge in [-0.25, -0.2) is 4.98 Å². The van der Waals surface area contributed by atoms with Gasteiger partial charge in [0.2, 0.25) is 5.91 Å². The number of rotatable bonds is 5. The van der Waals surface area contributed by atoms with Crippen molar-refractivity contribution < 1.29 is 9.53 Å². The largest absolute Gasteiger partial charge is 0.373 e. The smallest absolute Gasteiger partial charge is 0.220 e. The van der Waals surface area contributed by atoms with E-state index in [1.807, 2.05) is 18.2 Å². The van der Waals surface area contributed by atoms with Gasteiger partial charge in [-0.3, -0.25) is 9.69 Å². The first-order valence-electron chi connectivity index (χ1n) is 8.75. The summed E-state index contributed by atoms with van der Waals surface area (Å²) in [4.78, 5) is 19.2. The molecule has 2 aliphatic heterocycles. The molecule has 2 aromatic rings. The SMILES string of the molecule is O=C(CCc1nc2ccccc2s1)NC[C@@H]1CN2CCC[C@H]2CO1. The number of carbonyl (C=O) groups is 1. The van der Waals surface area contributed by atoms with Gasteiger partial charge in [0.15, 0.2) is 0 Å². The standard InChI is InChI=1S/C18H23N3O2S/c22-17(7-8-18-20-15-5-1-2-6-16(15)24-18)19-10-14-11-21-9-3-4-13(21)12-23-14/h1-2,5-6,13-14H,3-4,7-12H2,(H,19,22)/t13-,14+/m0/s1. The predicted octanol–water partition coefficient (Wildman–Crippen LogP) is 2.21. The minimum Gasteiger partial charge on any atom is -0.373 e. The van der Waals surface area contributed by atoms with Crippen LogP contribution in [0.2, 0.25) is 0 Å². The summed E-state index contributed by atoms with van der Waals surface area (Å²) in [7, 11) is 0. The molecule has 0 bridgehead atoms. The molecular weight excluding hydrogens is 322 g/mol. The molecule has 1 N–H and O–H groups in total. The first-order valence-corrected chi connectivity index (χ1v) is 9.56. The summed E-state index contributed by atoms with van der Waals surface area (Å²) in [6.07, 6.45) is 3.84. The second kappa shape index (κ2) is 7.17. The summed E-state index contributed by atoms with van der Waals surface area (Å²) in [5, 5.41) is 4.05. The Labute approximate surface area is 146 Å². The Hall–Kier alpha value is -1.50. The Kier molecular flexibility index (Phi) is 4.78. The van der Waals surface area contributed by atoms with E-state index in [0.717, 1.165) is 23.7 Å². The molecule has 0 aliphatic carbocycles. The van der Waals surface area contributed by atoms with Crippen LogP contribution in [0.5, 0.6) is 0 Å². The minimum atomic E-state index is 0.0846. The molecule has 1 amide bonds. The molecule has 5 nitrogen and oxygen atoms in total. The van der Waals surface area contributed by atoms with E-state index < -0.39 is 0 Å². The lowest BCUT2D eigenvalue weighted by Crippen LogP contribution is -2.50. The van der Waals surface area contributed by atoms with Crippen LogP contribution >= 0.6 is 11.3 Å². The summed E-state index contributed by atoms with van der Waals surface area (Å²) >= 11 is 1.67. The van der Waals surface area contributed by atoms with Crippen LogP contribution in [-0.2, 0) is 16.0 Å². The molecule has 0 unspecified atom stereocenters. The molecule has 2 fully saturated rings. The highest BCUT2D eigenvalue weighted by Gasteiger charge is 2.32. The first kappa shape index (κ1) is 16.0. The average Bonchev–Trinajstić information content (AvgIpc) is 3.23. The number of thiazole rings is 1. The summed E-state index contributed by atoms with van der Waals surface area (Å²) in [6, 6.07) is 8.71. The van der Waals surface area contributed by atoms with Crippen LogP contribution in [0.1, 0.15) is 24.3 Å². The number of nitrogens with one attached hydrogen (secondary N) is 1. The number of carbonyl (C=O) groups excluding carboxylic acids is 1. The summed E-state index contributed by atoms with van der Waals surface area (Å²) in [5.74, 6) is 0.0846. The average molecular weight is 345 g/mol. The molecule has 1 aromatic carbocycles. The number of aryl methyl sites for hydroxylation is 1. The van der Waals surface area contributed by atoms with E-state index >= 15 is 0 Å². The van der Waals surface area contributed by atoms with E-state index in [2.05, 4.69) is 21.3 Å². The van der Waals surface area contributed by atoms with Gasteiger partial charge >= 0.3 is 0 Å². The topological polar surface area (TPSA) is 54.5 Å². The first-order chi connectivity index (χ1) is 11.8. The van der Waals surface area contributed by atoms with Crippen LogP contribution in [0.3, 0.4) is 0 Å². The fourth-order valence-corrected chi connectivity index (χ4v) is 4.54. The lowest BCUT2D eigenvalue weighted by Gasteiger charge is -2.35. The molecule has 2 atom stereocenters. The zero-order valence-electron chi connectivity index (χ0n) is 13.7. The Bertz CT molecular complexity index is 684. The van der Waals surface area contributed by atoms with E-state index in [0.29, 0.717) is 25.4 Å². The van der Waals surface area contributed by atoms with Crippen molar-refractivity contribution in [1.29, 1.82) is 0 Å². The second-order valence-electron chi connectivity index (χ2n) is 6.63. The maximum absolute atomic E-state index is 12.1. The van der Waals surface area contributed by atoms with Crippen LogP contribution in [-0.4, -0.2) is 54.2 Å². The lowest BCUT2D eigenvalue weighted by molar-refractivity contribution is -0.122. The van der Waals surface area contributed by atoms with Gasteiger partial charge in [-0.2, -0.15) is 0 Å². The van der Waals surface area contributed by atoms with Crippen molar-refractivity contribution in [2.24, 2.45) is 0 Å². The molecular formula is C18H23N3O2S. The highest BCUT2D eigenvalue weighted by molar-refractivity contribution is 7.18. The van der Waals surface area contributed by atoms with E-state index in [-0.39, 0.29) is 12.0 Å². The molecule has 2 saturated heterocycles. The maximum atomic E-state index is 12.1. The highest BCUT2D eigenvalue weighted by atomic mass is 32.1. The highest BCUT2D eigenvalue weighted by Crippen LogP contribution is 2.23. The number of fused-ring (bicyclic) bond motifs is 2. The van der Waals surface area contributed by atoms with Crippen molar-refractivity contribution >= 4 is 27.5 Å². The molecule has 0 saturated carbocycles. The third-order valence-corrected chi connectivity index (χ3v) is 5.99. The van der Waals surface area contributed by atoms with Gasteiger partial charge in [0.05, 0.1) is 27.9 Å². The Balaban J connectivity index is 1.22. The monoisotopic (exact) mass is 345 g/mol. The van der Waals surface area contributed by atoms with E-state index in [1.54, 1.807) is 11.3 Å². The van der Waals surface area contributed by atoms with Gasteiger partial charge in [0.1, 0.15) is 0 Å². The van der Waals surface area contributed by atoms with Gasteiger partial charge in [-0.1, -0.05) is 12.1 Å². The van der Waals surface area contributed by atoms with Crippen molar-refractivity contribution in [3.63, 3.8) is 0 Å². The quantitative estimate of drug-likeness (QED) is 0.903. The number of morpholine rings is 1. The number of aromatic nitrogens is 1. The van der Waals surface area contributed by atoms with Crippen LogP contribution in [0.4, 0.5) is 0 Å². The van der Waals surface area contributed by atoms with Crippen LogP contribution in [0.25, 0.3) is 10.2 Å². The molecule has 2 aliphatic rings. The predicted molar refractivity (Wildman–Crippen MR) is 95.3 cm³/mol. The number of hydrogen-bond donors (Lipinski definition) is 1. The Morgan fingerprint density at radius 3 is 3.25 bits per heavy atom. The Morgan fingerprint density at radius 2 is 2.33 bits per heavy atom. The van der Waals surface area contributed by atoms with Crippen LogP contribution < -0.4 is 5.32 Å². The molecule has 4 rings (SSSR count). The van der Waals surface area contributed by atoms with Gasteiger partial charge < -0.3 is 10.1 Å².